The molecular weight excluding hydrogens is 794 g/mol. The van der Waals surface area contributed by atoms with Crippen LogP contribution in [-0.4, -0.2) is 85.2 Å². The molecule has 0 bridgehead atoms. The van der Waals surface area contributed by atoms with E-state index in [2.05, 4.69) is 33.9 Å². The number of ketones is 2. The largest absolute Gasteiger partial charge is 0.481 e. The number of hydrogen-bond donors (Lipinski definition) is 2. The second-order valence-electron chi connectivity index (χ2n) is 19.3. The zero-order valence-corrected chi connectivity index (χ0v) is 39.5. The van der Waals surface area contributed by atoms with Crippen LogP contribution in [0.3, 0.4) is 0 Å². The third kappa shape index (κ3) is 16.4. The smallest absolute Gasteiger partial charge is 0.461 e. The molecular formula is C42H68B2O11S2Si. The van der Waals surface area contributed by atoms with Gasteiger partial charge in [-0.25, -0.2) is 0 Å². The van der Waals surface area contributed by atoms with Gasteiger partial charge in [0.15, 0.2) is 8.32 Å². The molecule has 0 aromatic carbocycles. The molecule has 16 heteroatoms. The fraction of sp³-hybridized carbons (Fsp3) is 0.714. The van der Waals surface area contributed by atoms with Gasteiger partial charge in [0.25, 0.3) is 0 Å². The van der Waals surface area contributed by atoms with Gasteiger partial charge in [0.2, 0.25) is 0 Å². The van der Waals surface area contributed by atoms with Gasteiger partial charge in [0, 0.05) is 47.1 Å². The van der Waals surface area contributed by atoms with E-state index in [1.54, 1.807) is 22.7 Å². The second-order valence-corrected chi connectivity index (χ2v) is 26.2. The van der Waals surface area contributed by atoms with Crippen LogP contribution in [0.4, 0.5) is 0 Å². The lowest BCUT2D eigenvalue weighted by Gasteiger charge is -2.39. The second kappa shape index (κ2) is 21.1. The first-order chi connectivity index (χ1) is 26.7. The molecule has 324 valence electrons. The van der Waals surface area contributed by atoms with Gasteiger partial charge in [0.1, 0.15) is 17.2 Å². The SMILES string of the molecule is CC(C)(C)OC(=O)C[C@H](CCC(CC(=O)Cc1cccs1)B1OC(C)(C)C(C)(C)O1)O[Si](C)(C)C(C)(C)C.O=C(O)C[C@@H]1CC[C@H](CC(=O)Cc2cccs2)B(O)O1. The number of ether oxygens (including phenoxy) is 1. The van der Waals surface area contributed by atoms with Gasteiger partial charge in [-0.1, -0.05) is 32.9 Å². The summed E-state index contributed by atoms with van der Waals surface area (Å²) in [6.45, 7) is 24.7. The van der Waals surface area contributed by atoms with E-state index in [9.17, 15) is 24.2 Å². The Balaban J connectivity index is 0.000000375. The van der Waals surface area contributed by atoms with Gasteiger partial charge in [-0.05, 0) is 115 Å². The molecule has 2 saturated heterocycles. The average molecular weight is 863 g/mol. The Morgan fingerprint density at radius 3 is 1.88 bits per heavy atom. The van der Waals surface area contributed by atoms with Crippen LogP contribution < -0.4 is 0 Å². The number of carboxylic acids is 1. The molecule has 1 unspecified atom stereocenters. The van der Waals surface area contributed by atoms with Crippen molar-refractivity contribution in [3.8, 4) is 0 Å². The molecule has 0 aliphatic carbocycles. The Bertz CT molecular complexity index is 1600. The number of carbonyl (C=O) groups excluding carboxylic acids is 3. The van der Waals surface area contributed by atoms with Crippen molar-refractivity contribution >= 4 is 68.7 Å². The molecule has 4 atom stereocenters. The van der Waals surface area contributed by atoms with Crippen LogP contribution in [0.25, 0.3) is 0 Å². The van der Waals surface area contributed by atoms with Gasteiger partial charge in [-0.3, -0.25) is 19.2 Å². The fourth-order valence-electron chi connectivity index (χ4n) is 6.59. The normalized spacial score (nSPS) is 20.5. The van der Waals surface area contributed by atoms with Crippen LogP contribution in [0.2, 0.25) is 29.8 Å². The van der Waals surface area contributed by atoms with Crippen LogP contribution in [0.1, 0.15) is 130 Å². The number of Topliss-reactive ketones (excluding diaryl/α,β-unsaturated/α-hetero) is 2. The van der Waals surface area contributed by atoms with Crippen LogP contribution in [0.15, 0.2) is 35.0 Å². The summed E-state index contributed by atoms with van der Waals surface area (Å²) in [6, 6.07) is 7.79. The van der Waals surface area contributed by atoms with Crippen LogP contribution in [-0.2, 0) is 55.1 Å². The number of hydrogen-bond acceptors (Lipinski definition) is 12. The molecule has 0 amide bonds. The number of thiophene rings is 2. The van der Waals surface area contributed by atoms with Crippen molar-refractivity contribution in [3.05, 3.63) is 44.8 Å². The van der Waals surface area contributed by atoms with Crippen molar-refractivity contribution < 1.29 is 52.4 Å². The molecule has 0 saturated carbocycles. The third-order valence-electron chi connectivity index (χ3n) is 11.5. The van der Waals surface area contributed by atoms with Crippen molar-refractivity contribution in [2.45, 2.75) is 192 Å². The Morgan fingerprint density at radius 1 is 0.862 bits per heavy atom. The summed E-state index contributed by atoms with van der Waals surface area (Å²) in [5.74, 6) is -1.32. The zero-order valence-electron chi connectivity index (χ0n) is 36.9. The van der Waals surface area contributed by atoms with Gasteiger partial charge in [-0.15, -0.1) is 22.7 Å². The highest BCUT2D eigenvalue weighted by atomic mass is 32.1. The highest BCUT2D eigenvalue weighted by Crippen LogP contribution is 2.43. The standard InChI is InChI=1S/C29H51BO6SSi.C13H17BO5S/c1-26(2,3)33-25(32)20-23(34-38(11,12)27(4,5)6)16-15-21(18-22(31)19-24-14-13-17-37-24)30-35-28(7,8)29(9,10)36-30;15-10(7-12-2-1-5-20-12)6-9-3-4-11(8-13(16)17)19-14(9)18/h13-14,17,21,23H,15-16,18-20H2,1-12H3;1-2,5,9,11,18H,3-4,6-8H2,(H,16,17)/t21?,23-;9-,11+/m01/s1. The predicted molar refractivity (Wildman–Crippen MR) is 235 cm³/mol. The summed E-state index contributed by atoms with van der Waals surface area (Å²) in [7, 11) is -3.69. The Hall–Kier alpha value is -2.17. The molecule has 2 fully saturated rings. The first-order valence-corrected chi connectivity index (χ1v) is 25.2. The molecule has 4 rings (SSSR count). The summed E-state index contributed by atoms with van der Waals surface area (Å²) in [4.78, 5) is 50.6. The lowest BCUT2D eigenvalue weighted by atomic mass is 9.64. The monoisotopic (exact) mass is 862 g/mol. The van der Waals surface area contributed by atoms with Crippen LogP contribution in [0.5, 0.6) is 0 Å². The van der Waals surface area contributed by atoms with E-state index in [4.69, 9.17) is 28.2 Å². The van der Waals surface area contributed by atoms with E-state index < -0.39 is 51.4 Å². The number of aliphatic carboxylic acids is 1. The number of carbonyl (C=O) groups is 4. The maximum Gasteiger partial charge on any atom is 0.461 e. The topological polar surface area (TPSA) is 155 Å². The van der Waals surface area contributed by atoms with Crippen molar-refractivity contribution in [2.24, 2.45) is 0 Å². The van der Waals surface area contributed by atoms with Gasteiger partial charge < -0.3 is 33.3 Å². The van der Waals surface area contributed by atoms with E-state index in [0.29, 0.717) is 44.9 Å². The summed E-state index contributed by atoms with van der Waals surface area (Å²) in [5, 5.41) is 22.5. The minimum atomic E-state index is -2.15. The number of rotatable bonds is 18. The van der Waals surface area contributed by atoms with Gasteiger partial charge in [-0.2, -0.15) is 0 Å². The number of esters is 1. The quantitative estimate of drug-likeness (QED) is 0.109. The van der Waals surface area contributed by atoms with E-state index in [1.807, 2.05) is 83.5 Å². The minimum absolute atomic E-state index is 0.000972. The van der Waals surface area contributed by atoms with Crippen molar-refractivity contribution in [3.63, 3.8) is 0 Å². The molecule has 0 spiro atoms. The van der Waals surface area contributed by atoms with E-state index in [1.165, 1.54) is 0 Å². The molecule has 0 radical (unpaired) electrons. The van der Waals surface area contributed by atoms with E-state index in [-0.39, 0.29) is 59.6 Å². The minimum Gasteiger partial charge on any atom is -0.481 e. The maximum absolute atomic E-state index is 13.1. The highest BCUT2D eigenvalue weighted by molar-refractivity contribution is 7.10. The van der Waals surface area contributed by atoms with Gasteiger partial charge in [0.05, 0.1) is 36.3 Å². The van der Waals surface area contributed by atoms with Crippen molar-refractivity contribution in [2.75, 3.05) is 0 Å². The van der Waals surface area contributed by atoms with Gasteiger partial charge >= 0.3 is 26.2 Å². The lowest BCUT2D eigenvalue weighted by Crippen LogP contribution is -2.45. The number of carboxylic acid groups (broad SMARTS) is 1. The Kier molecular flexibility index (Phi) is 18.2. The molecule has 2 aliphatic rings. The molecule has 2 aromatic heterocycles. The Morgan fingerprint density at radius 2 is 1.41 bits per heavy atom. The molecule has 2 aromatic rings. The Labute approximate surface area is 356 Å². The maximum atomic E-state index is 13.1. The molecule has 4 heterocycles. The summed E-state index contributed by atoms with van der Waals surface area (Å²) >= 11 is 3.14. The molecule has 2 N–H and O–H groups in total. The fourth-order valence-corrected chi connectivity index (χ4v) is 9.45. The van der Waals surface area contributed by atoms with Crippen molar-refractivity contribution in [1.82, 2.24) is 0 Å². The highest BCUT2D eigenvalue weighted by Gasteiger charge is 2.54. The molecule has 58 heavy (non-hydrogen) atoms. The summed E-state index contributed by atoms with van der Waals surface area (Å²) in [6.07, 6.45) is 3.21. The average Bonchev–Trinajstić information content (AvgIpc) is 3.80. The third-order valence-corrected chi connectivity index (χ3v) is 17.8. The molecule has 11 nitrogen and oxygen atoms in total. The first kappa shape index (κ1) is 50.2. The summed E-state index contributed by atoms with van der Waals surface area (Å²) < 4.78 is 30.5. The van der Waals surface area contributed by atoms with E-state index >= 15 is 0 Å². The summed E-state index contributed by atoms with van der Waals surface area (Å²) in [5.41, 5.74) is -1.53. The lowest BCUT2D eigenvalue weighted by molar-refractivity contribution is -0.157. The van der Waals surface area contributed by atoms with E-state index in [0.717, 1.165) is 9.75 Å². The van der Waals surface area contributed by atoms with Crippen LogP contribution >= 0.6 is 22.7 Å². The van der Waals surface area contributed by atoms with Crippen molar-refractivity contribution in [1.29, 1.82) is 0 Å². The predicted octanol–water partition coefficient (Wildman–Crippen LogP) is 9.37. The zero-order chi connectivity index (χ0) is 43.7. The molecule has 2 aliphatic heterocycles. The first-order valence-electron chi connectivity index (χ1n) is 20.5. The van der Waals surface area contributed by atoms with Crippen LogP contribution in [0, 0.1) is 0 Å².